The van der Waals surface area contributed by atoms with E-state index >= 15 is 0 Å². The van der Waals surface area contributed by atoms with Crippen LogP contribution in [0.1, 0.15) is 36.5 Å². The van der Waals surface area contributed by atoms with Crippen LogP contribution in [0.2, 0.25) is 0 Å². The van der Waals surface area contributed by atoms with Crippen molar-refractivity contribution in [3.8, 4) is 0 Å². The Balaban J connectivity index is 1.96. The van der Waals surface area contributed by atoms with Gasteiger partial charge < -0.3 is 4.84 Å². The van der Waals surface area contributed by atoms with Gasteiger partial charge in [0.15, 0.2) is 6.10 Å². The molecule has 1 aliphatic heterocycles. The monoisotopic (exact) mass is 273 g/mol. The quantitative estimate of drug-likeness (QED) is 0.707. The predicted octanol–water partition coefficient (Wildman–Crippen LogP) is 4.07. The summed E-state index contributed by atoms with van der Waals surface area (Å²) in [5.74, 6) is -0.914. The molecule has 0 aromatic heterocycles. The van der Waals surface area contributed by atoms with E-state index in [0.717, 1.165) is 37.1 Å². The van der Waals surface area contributed by atoms with Gasteiger partial charge in [-0.2, -0.15) is 13.2 Å². The first-order valence-electron chi connectivity index (χ1n) is 6.05. The van der Waals surface area contributed by atoms with Crippen LogP contribution in [-0.4, -0.2) is 5.71 Å². The molecule has 1 aromatic rings. The molecule has 6 heteroatoms. The Kier molecular flexibility index (Phi) is 2.76. The van der Waals surface area contributed by atoms with E-state index in [0.29, 0.717) is 6.07 Å². The standard InChI is InChI=1S/C13H11F4NO/c14-9-5-7(4-8(6-9)13(15,16)17)12-10-2-1-3-11(10)18-19-12/h4-6,10,12H,1-3H2/t10-,12-/m1/s1. The number of nitrogens with zero attached hydrogens (tertiary/aromatic N) is 1. The molecule has 1 heterocycles. The highest BCUT2D eigenvalue weighted by Gasteiger charge is 2.40. The number of oxime groups is 1. The first kappa shape index (κ1) is 12.4. The number of benzene rings is 1. The van der Waals surface area contributed by atoms with E-state index in [4.69, 9.17) is 4.84 Å². The third kappa shape index (κ3) is 2.19. The number of rotatable bonds is 1. The summed E-state index contributed by atoms with van der Waals surface area (Å²) >= 11 is 0. The molecular formula is C13H11F4NO. The third-order valence-corrected chi connectivity index (χ3v) is 3.60. The number of hydrogen-bond donors (Lipinski definition) is 0. The molecule has 1 fully saturated rings. The van der Waals surface area contributed by atoms with Gasteiger partial charge in [-0.15, -0.1) is 0 Å². The summed E-state index contributed by atoms with van der Waals surface area (Å²) in [7, 11) is 0. The lowest BCUT2D eigenvalue weighted by Gasteiger charge is -2.17. The highest BCUT2D eigenvalue weighted by molar-refractivity contribution is 5.89. The summed E-state index contributed by atoms with van der Waals surface area (Å²) in [5.41, 5.74) is 0.0957. The van der Waals surface area contributed by atoms with E-state index in [1.165, 1.54) is 0 Å². The van der Waals surface area contributed by atoms with Crippen molar-refractivity contribution in [1.29, 1.82) is 0 Å². The van der Waals surface area contributed by atoms with E-state index in [2.05, 4.69) is 5.16 Å². The van der Waals surface area contributed by atoms with Crippen LogP contribution in [0.25, 0.3) is 0 Å². The molecule has 2 aliphatic rings. The van der Waals surface area contributed by atoms with Crippen LogP contribution in [0.5, 0.6) is 0 Å². The van der Waals surface area contributed by atoms with Gasteiger partial charge in [0.2, 0.25) is 0 Å². The molecule has 0 saturated heterocycles. The molecule has 1 saturated carbocycles. The highest BCUT2D eigenvalue weighted by atomic mass is 19.4. The zero-order valence-electron chi connectivity index (χ0n) is 9.88. The zero-order valence-corrected chi connectivity index (χ0v) is 9.88. The molecule has 1 aliphatic carbocycles. The van der Waals surface area contributed by atoms with Gasteiger partial charge in [-0.1, -0.05) is 5.16 Å². The van der Waals surface area contributed by atoms with Crippen molar-refractivity contribution in [3.05, 3.63) is 35.1 Å². The van der Waals surface area contributed by atoms with Gasteiger partial charge in [0.05, 0.1) is 11.3 Å². The SMILES string of the molecule is Fc1cc([C@H]2ON=C3CCC[C@H]32)cc(C(F)(F)F)c1. The lowest BCUT2D eigenvalue weighted by molar-refractivity contribution is -0.137. The van der Waals surface area contributed by atoms with Gasteiger partial charge >= 0.3 is 6.18 Å². The Hall–Kier alpha value is -1.59. The normalized spacial score (nSPS) is 26.0. The predicted molar refractivity (Wildman–Crippen MR) is 60.0 cm³/mol. The van der Waals surface area contributed by atoms with Gasteiger partial charge in [0.25, 0.3) is 0 Å². The molecular weight excluding hydrogens is 262 g/mol. The highest BCUT2D eigenvalue weighted by Crippen LogP contribution is 2.42. The van der Waals surface area contributed by atoms with Gasteiger partial charge in [-0.25, -0.2) is 4.39 Å². The molecule has 3 rings (SSSR count). The molecule has 2 atom stereocenters. The minimum absolute atomic E-state index is 0.0112. The smallest absolute Gasteiger partial charge is 0.387 e. The van der Waals surface area contributed by atoms with E-state index in [1.54, 1.807) is 0 Å². The first-order valence-corrected chi connectivity index (χ1v) is 6.05. The minimum Gasteiger partial charge on any atom is -0.387 e. The molecule has 0 N–H and O–H groups in total. The lowest BCUT2D eigenvalue weighted by atomic mass is 9.93. The maximum absolute atomic E-state index is 13.4. The van der Waals surface area contributed by atoms with Gasteiger partial charge in [0, 0.05) is 5.92 Å². The second kappa shape index (κ2) is 4.21. The van der Waals surface area contributed by atoms with Crippen LogP contribution < -0.4 is 0 Å². The van der Waals surface area contributed by atoms with Crippen LogP contribution in [0.3, 0.4) is 0 Å². The van der Waals surface area contributed by atoms with Crippen LogP contribution in [0, 0.1) is 11.7 Å². The molecule has 19 heavy (non-hydrogen) atoms. The Morgan fingerprint density at radius 3 is 2.74 bits per heavy atom. The van der Waals surface area contributed by atoms with Crippen molar-refractivity contribution < 1.29 is 22.4 Å². The molecule has 0 radical (unpaired) electrons. The van der Waals surface area contributed by atoms with E-state index in [1.807, 2.05) is 0 Å². The number of hydrogen-bond acceptors (Lipinski definition) is 2. The topological polar surface area (TPSA) is 21.6 Å². The maximum atomic E-state index is 13.4. The van der Waals surface area contributed by atoms with Crippen LogP contribution in [0.15, 0.2) is 23.4 Å². The zero-order chi connectivity index (χ0) is 13.6. The Bertz CT molecular complexity index is 538. The Morgan fingerprint density at radius 2 is 2.00 bits per heavy atom. The minimum atomic E-state index is -4.56. The van der Waals surface area contributed by atoms with Crippen LogP contribution in [0.4, 0.5) is 17.6 Å². The first-order chi connectivity index (χ1) is 8.95. The molecule has 2 nitrogen and oxygen atoms in total. The maximum Gasteiger partial charge on any atom is 0.416 e. The molecule has 0 bridgehead atoms. The number of halogens is 4. The fourth-order valence-corrected chi connectivity index (χ4v) is 2.73. The summed E-state index contributed by atoms with van der Waals surface area (Å²) in [6.45, 7) is 0. The second-order valence-electron chi connectivity index (χ2n) is 4.88. The van der Waals surface area contributed by atoms with Crippen LogP contribution >= 0.6 is 0 Å². The van der Waals surface area contributed by atoms with Crippen molar-refractivity contribution in [2.24, 2.45) is 11.1 Å². The van der Waals surface area contributed by atoms with Crippen molar-refractivity contribution >= 4 is 5.71 Å². The third-order valence-electron chi connectivity index (χ3n) is 3.60. The summed E-state index contributed by atoms with van der Waals surface area (Å²) in [6, 6.07) is 2.54. The fourth-order valence-electron chi connectivity index (χ4n) is 2.73. The summed E-state index contributed by atoms with van der Waals surface area (Å²) in [5, 5.41) is 3.89. The number of alkyl halides is 3. The molecule has 102 valence electrons. The average molecular weight is 273 g/mol. The molecule has 0 spiro atoms. The summed E-state index contributed by atoms with van der Waals surface area (Å²) < 4.78 is 51.4. The summed E-state index contributed by atoms with van der Waals surface area (Å²) in [6.07, 6.45) is -2.57. The molecule has 1 aromatic carbocycles. The van der Waals surface area contributed by atoms with Crippen molar-refractivity contribution in [2.75, 3.05) is 0 Å². The van der Waals surface area contributed by atoms with E-state index in [9.17, 15) is 17.6 Å². The van der Waals surface area contributed by atoms with E-state index in [-0.39, 0.29) is 11.5 Å². The average Bonchev–Trinajstić information content (AvgIpc) is 2.87. The lowest BCUT2D eigenvalue weighted by Crippen LogP contribution is -2.13. The van der Waals surface area contributed by atoms with Crippen molar-refractivity contribution in [2.45, 2.75) is 31.5 Å². The fraction of sp³-hybridized carbons (Fsp3) is 0.462. The summed E-state index contributed by atoms with van der Waals surface area (Å²) in [4.78, 5) is 5.18. The second-order valence-corrected chi connectivity index (χ2v) is 4.88. The van der Waals surface area contributed by atoms with Gasteiger partial charge in [-0.05, 0) is 43.0 Å². The largest absolute Gasteiger partial charge is 0.416 e. The Morgan fingerprint density at radius 1 is 1.21 bits per heavy atom. The van der Waals surface area contributed by atoms with E-state index < -0.39 is 23.7 Å². The van der Waals surface area contributed by atoms with Crippen molar-refractivity contribution in [1.82, 2.24) is 0 Å². The molecule has 0 unspecified atom stereocenters. The molecule has 0 amide bonds. The Labute approximate surface area is 107 Å². The van der Waals surface area contributed by atoms with Crippen molar-refractivity contribution in [3.63, 3.8) is 0 Å². The van der Waals surface area contributed by atoms with Gasteiger partial charge in [0.1, 0.15) is 5.82 Å². The van der Waals surface area contributed by atoms with Crippen LogP contribution in [-0.2, 0) is 11.0 Å². The number of fused-ring (bicyclic) bond motifs is 1. The van der Waals surface area contributed by atoms with Gasteiger partial charge in [-0.3, -0.25) is 0 Å².